The monoisotopic (exact) mass is 311 g/mol. The Hall–Kier alpha value is -1.82. The molecule has 18 heavy (non-hydrogen) atoms. The largest absolute Gasteiger partial charge is 0.497 e. The van der Waals surface area contributed by atoms with E-state index < -0.39 is 4.92 Å². The molecule has 1 unspecified atom stereocenters. The van der Waals surface area contributed by atoms with Gasteiger partial charge < -0.3 is 9.15 Å². The average molecular weight is 312 g/mol. The summed E-state index contributed by atoms with van der Waals surface area (Å²) in [6.45, 7) is 0. The van der Waals surface area contributed by atoms with Crippen LogP contribution in [0.3, 0.4) is 0 Å². The van der Waals surface area contributed by atoms with Crippen LogP contribution in [0.5, 0.6) is 5.75 Å². The molecule has 2 aromatic rings. The molecule has 0 amide bonds. The van der Waals surface area contributed by atoms with Crippen LogP contribution < -0.4 is 4.74 Å². The minimum atomic E-state index is -0.558. The van der Waals surface area contributed by atoms with Crippen LogP contribution in [0, 0.1) is 10.1 Å². The standard InChI is InChI=1S/C12H10BrNO4/c1-17-9-4-2-8(3-5-9)12(13)10-6-7-11(18-10)14(15)16/h2-7,12H,1H3. The Bertz CT molecular complexity index is 549. The highest BCUT2D eigenvalue weighted by molar-refractivity contribution is 9.09. The Morgan fingerprint density at radius 3 is 2.44 bits per heavy atom. The fraction of sp³-hybridized carbons (Fsp3) is 0.167. The van der Waals surface area contributed by atoms with Gasteiger partial charge in [0.05, 0.1) is 18.0 Å². The molecule has 94 valence electrons. The molecule has 1 heterocycles. The maximum absolute atomic E-state index is 10.5. The first kappa shape index (κ1) is 12.6. The highest BCUT2D eigenvalue weighted by atomic mass is 79.9. The van der Waals surface area contributed by atoms with Crippen molar-refractivity contribution in [2.24, 2.45) is 0 Å². The van der Waals surface area contributed by atoms with Crippen LogP contribution in [0.4, 0.5) is 5.88 Å². The smallest absolute Gasteiger partial charge is 0.433 e. The maximum Gasteiger partial charge on any atom is 0.433 e. The van der Waals surface area contributed by atoms with E-state index in [0.717, 1.165) is 11.3 Å². The first-order valence-corrected chi connectivity index (χ1v) is 6.05. The van der Waals surface area contributed by atoms with Crippen molar-refractivity contribution in [3.05, 3.63) is 57.8 Å². The molecule has 2 rings (SSSR count). The van der Waals surface area contributed by atoms with Crippen LogP contribution in [0.1, 0.15) is 16.2 Å². The highest BCUT2D eigenvalue weighted by Crippen LogP contribution is 2.34. The van der Waals surface area contributed by atoms with E-state index in [1.807, 2.05) is 24.3 Å². The minimum Gasteiger partial charge on any atom is -0.497 e. The van der Waals surface area contributed by atoms with Gasteiger partial charge in [-0.1, -0.05) is 28.1 Å². The molecule has 0 aliphatic carbocycles. The van der Waals surface area contributed by atoms with E-state index in [9.17, 15) is 10.1 Å². The Kier molecular flexibility index (Phi) is 3.66. The number of furan rings is 1. The van der Waals surface area contributed by atoms with Crippen molar-refractivity contribution in [2.45, 2.75) is 4.83 Å². The zero-order valence-electron chi connectivity index (χ0n) is 9.50. The first-order valence-electron chi connectivity index (χ1n) is 5.14. The summed E-state index contributed by atoms with van der Waals surface area (Å²) < 4.78 is 10.2. The number of benzene rings is 1. The number of hydrogen-bond donors (Lipinski definition) is 0. The number of rotatable bonds is 4. The summed E-state index contributed by atoms with van der Waals surface area (Å²) in [6.07, 6.45) is 0. The number of alkyl halides is 1. The number of ether oxygens (including phenoxy) is 1. The third kappa shape index (κ3) is 2.53. The van der Waals surface area contributed by atoms with E-state index in [1.54, 1.807) is 13.2 Å². The molecule has 0 saturated heterocycles. The molecule has 1 aromatic carbocycles. The zero-order valence-corrected chi connectivity index (χ0v) is 11.1. The summed E-state index contributed by atoms with van der Waals surface area (Å²) in [7, 11) is 1.59. The van der Waals surface area contributed by atoms with Gasteiger partial charge in [0.2, 0.25) is 0 Å². The topological polar surface area (TPSA) is 65.5 Å². The lowest BCUT2D eigenvalue weighted by Gasteiger charge is -2.07. The summed E-state index contributed by atoms with van der Waals surface area (Å²) >= 11 is 3.45. The molecule has 0 spiro atoms. The van der Waals surface area contributed by atoms with Crippen LogP contribution in [0.15, 0.2) is 40.8 Å². The molecule has 0 radical (unpaired) electrons. The van der Waals surface area contributed by atoms with Gasteiger partial charge in [-0.3, -0.25) is 10.1 Å². The molecule has 5 nitrogen and oxygen atoms in total. The van der Waals surface area contributed by atoms with Gasteiger partial charge in [-0.25, -0.2) is 0 Å². The highest BCUT2D eigenvalue weighted by Gasteiger charge is 2.19. The second-order valence-corrected chi connectivity index (χ2v) is 4.48. The third-order valence-corrected chi connectivity index (χ3v) is 3.43. The average Bonchev–Trinajstić information content (AvgIpc) is 2.88. The summed E-state index contributed by atoms with van der Waals surface area (Å²) in [5.41, 5.74) is 0.931. The summed E-state index contributed by atoms with van der Waals surface area (Å²) in [4.78, 5) is 9.75. The van der Waals surface area contributed by atoms with Crippen LogP contribution >= 0.6 is 15.9 Å². The number of nitrogens with zero attached hydrogens (tertiary/aromatic N) is 1. The van der Waals surface area contributed by atoms with Crippen LogP contribution in [-0.2, 0) is 0 Å². The van der Waals surface area contributed by atoms with E-state index in [4.69, 9.17) is 9.15 Å². The lowest BCUT2D eigenvalue weighted by molar-refractivity contribution is -0.402. The van der Waals surface area contributed by atoms with E-state index >= 15 is 0 Å². The molecule has 0 aliphatic rings. The lowest BCUT2D eigenvalue weighted by Crippen LogP contribution is -1.91. The van der Waals surface area contributed by atoms with Crippen LogP contribution in [0.2, 0.25) is 0 Å². The van der Waals surface area contributed by atoms with Gasteiger partial charge in [0, 0.05) is 0 Å². The van der Waals surface area contributed by atoms with Gasteiger partial charge in [0.25, 0.3) is 0 Å². The quantitative estimate of drug-likeness (QED) is 0.491. The van der Waals surface area contributed by atoms with E-state index in [-0.39, 0.29) is 10.7 Å². The van der Waals surface area contributed by atoms with E-state index in [1.165, 1.54) is 6.07 Å². The second kappa shape index (κ2) is 5.22. The van der Waals surface area contributed by atoms with Gasteiger partial charge >= 0.3 is 5.88 Å². The van der Waals surface area contributed by atoms with Crippen molar-refractivity contribution < 1.29 is 14.1 Å². The Balaban J connectivity index is 2.23. The number of nitro groups is 1. The van der Waals surface area contributed by atoms with Gasteiger partial charge in [-0.2, -0.15) is 0 Å². The van der Waals surface area contributed by atoms with Crippen LogP contribution in [0.25, 0.3) is 0 Å². The molecule has 1 aromatic heterocycles. The van der Waals surface area contributed by atoms with Crippen molar-refractivity contribution in [2.75, 3.05) is 7.11 Å². The first-order chi connectivity index (χ1) is 8.61. The van der Waals surface area contributed by atoms with Crippen molar-refractivity contribution in [3.8, 4) is 5.75 Å². The van der Waals surface area contributed by atoms with E-state index in [2.05, 4.69) is 15.9 Å². The predicted octanol–water partition coefficient (Wildman–Crippen LogP) is 3.68. The van der Waals surface area contributed by atoms with Crippen molar-refractivity contribution in [1.29, 1.82) is 0 Å². The number of hydrogen-bond acceptors (Lipinski definition) is 4. The van der Waals surface area contributed by atoms with Crippen molar-refractivity contribution in [1.82, 2.24) is 0 Å². The molecule has 6 heteroatoms. The normalized spacial score (nSPS) is 12.1. The van der Waals surface area contributed by atoms with Gasteiger partial charge in [0.1, 0.15) is 16.4 Å². The molecule has 0 N–H and O–H groups in total. The molecular formula is C12H10BrNO4. The van der Waals surface area contributed by atoms with Crippen molar-refractivity contribution in [3.63, 3.8) is 0 Å². The lowest BCUT2D eigenvalue weighted by atomic mass is 10.1. The van der Waals surface area contributed by atoms with E-state index in [0.29, 0.717) is 5.76 Å². The molecule has 0 saturated carbocycles. The fourth-order valence-electron chi connectivity index (χ4n) is 1.51. The Morgan fingerprint density at radius 1 is 1.28 bits per heavy atom. The van der Waals surface area contributed by atoms with Gasteiger partial charge in [-0.15, -0.1) is 0 Å². The molecule has 0 aliphatic heterocycles. The van der Waals surface area contributed by atoms with Crippen LogP contribution in [-0.4, -0.2) is 12.0 Å². The predicted molar refractivity (Wildman–Crippen MR) is 69.1 cm³/mol. The molecule has 0 bridgehead atoms. The maximum atomic E-state index is 10.5. The molecule has 1 atom stereocenters. The summed E-state index contributed by atoms with van der Waals surface area (Å²) in [5, 5.41) is 10.5. The Labute approximate surface area is 112 Å². The molecule has 0 fully saturated rings. The number of methoxy groups -OCH3 is 1. The second-order valence-electron chi connectivity index (χ2n) is 3.57. The summed E-state index contributed by atoms with van der Waals surface area (Å²) in [5.74, 6) is 0.985. The van der Waals surface area contributed by atoms with Gasteiger partial charge in [-0.05, 0) is 23.8 Å². The third-order valence-electron chi connectivity index (χ3n) is 2.45. The van der Waals surface area contributed by atoms with Gasteiger partial charge in [0.15, 0.2) is 0 Å². The Morgan fingerprint density at radius 2 is 1.94 bits per heavy atom. The number of halogens is 1. The molecular weight excluding hydrogens is 302 g/mol. The SMILES string of the molecule is COc1ccc(C(Br)c2ccc([N+](=O)[O-])o2)cc1. The zero-order chi connectivity index (χ0) is 13.1. The summed E-state index contributed by atoms with van der Waals surface area (Å²) in [6, 6.07) is 10.3. The minimum absolute atomic E-state index is 0.225. The fourth-order valence-corrected chi connectivity index (χ4v) is 2.06. The van der Waals surface area contributed by atoms with Crippen molar-refractivity contribution >= 4 is 21.8 Å².